The number of fused-ring (bicyclic) bond motifs is 1. The highest BCUT2D eigenvalue weighted by molar-refractivity contribution is 6.30. The van der Waals surface area contributed by atoms with Crippen LogP contribution in [-0.2, 0) is 13.0 Å². The Hall–Kier alpha value is -2.49. The molecule has 2 aromatic heterocycles. The molecule has 0 aliphatic carbocycles. The lowest BCUT2D eigenvalue weighted by molar-refractivity contribution is -0.135. The summed E-state index contributed by atoms with van der Waals surface area (Å²) in [6.45, 7) is -0.726. The zero-order chi connectivity index (χ0) is 20.5. The number of benzene rings is 1. The van der Waals surface area contributed by atoms with E-state index in [-0.39, 0.29) is 29.8 Å². The van der Waals surface area contributed by atoms with Crippen molar-refractivity contribution in [2.75, 3.05) is 0 Å². The second-order valence-electron chi connectivity index (χ2n) is 6.07. The molecule has 28 heavy (non-hydrogen) atoms. The Balaban J connectivity index is 2.12. The minimum atomic E-state index is -4.35. The average molecular weight is 421 g/mol. The van der Waals surface area contributed by atoms with Crippen molar-refractivity contribution in [3.8, 4) is 5.69 Å². The van der Waals surface area contributed by atoms with Crippen LogP contribution in [0, 0.1) is 0 Å². The molecule has 2 heterocycles. The van der Waals surface area contributed by atoms with Crippen LogP contribution in [0.15, 0.2) is 35.4 Å². The molecule has 0 unspecified atom stereocenters. The summed E-state index contributed by atoms with van der Waals surface area (Å²) < 4.78 is 65.2. The van der Waals surface area contributed by atoms with Gasteiger partial charge in [0, 0.05) is 17.9 Å². The zero-order valence-electron chi connectivity index (χ0n) is 14.3. The van der Waals surface area contributed by atoms with Crippen molar-refractivity contribution in [1.29, 1.82) is 0 Å². The predicted molar refractivity (Wildman–Crippen MR) is 93.1 cm³/mol. The normalized spacial score (nSPS) is 12.2. The molecule has 0 N–H and O–H groups in total. The Morgan fingerprint density at radius 2 is 1.82 bits per heavy atom. The van der Waals surface area contributed by atoms with Gasteiger partial charge < -0.3 is 4.57 Å². The number of alkyl halides is 5. The van der Waals surface area contributed by atoms with E-state index in [9.17, 15) is 26.7 Å². The van der Waals surface area contributed by atoms with E-state index in [1.807, 2.05) is 0 Å². The number of rotatable bonds is 6. The maximum absolute atomic E-state index is 12.9. The standard InChI is InChI=1S/C17H14ClF5N4O/c18-10-3-5-11(6-4-10)27-13(2-1-7-17(21,22)23)25-15-14(16(27)28)24-9-26(15)8-12(19)20/h3-6,9,12H,1-2,7-8H2. The summed E-state index contributed by atoms with van der Waals surface area (Å²) in [4.78, 5) is 21.0. The van der Waals surface area contributed by atoms with Crippen molar-refractivity contribution in [1.82, 2.24) is 19.1 Å². The molecule has 3 rings (SSSR count). The first kappa shape index (κ1) is 20.2. The number of aryl methyl sites for hydroxylation is 1. The monoisotopic (exact) mass is 420 g/mol. The lowest BCUT2D eigenvalue weighted by Crippen LogP contribution is -2.25. The topological polar surface area (TPSA) is 52.7 Å². The number of aromatic nitrogens is 4. The summed E-state index contributed by atoms with van der Waals surface area (Å²) >= 11 is 5.84. The maximum atomic E-state index is 12.9. The SMILES string of the molecule is O=c1c2ncn(CC(F)F)c2nc(CCCC(F)(F)F)n1-c1ccc(Cl)cc1. The van der Waals surface area contributed by atoms with Gasteiger partial charge in [-0.05, 0) is 30.7 Å². The Bertz CT molecular complexity index is 1030. The van der Waals surface area contributed by atoms with Crippen molar-refractivity contribution in [2.45, 2.75) is 38.4 Å². The lowest BCUT2D eigenvalue weighted by atomic mass is 10.2. The molecule has 0 aliphatic rings. The van der Waals surface area contributed by atoms with Gasteiger partial charge in [-0.1, -0.05) is 11.6 Å². The molecule has 0 fully saturated rings. The molecule has 0 saturated heterocycles. The van der Waals surface area contributed by atoms with Crippen molar-refractivity contribution in [3.05, 3.63) is 51.8 Å². The van der Waals surface area contributed by atoms with E-state index in [0.717, 1.165) is 15.5 Å². The molecule has 150 valence electrons. The van der Waals surface area contributed by atoms with E-state index in [2.05, 4.69) is 9.97 Å². The van der Waals surface area contributed by atoms with Gasteiger partial charge in [0.05, 0.1) is 18.6 Å². The third kappa shape index (κ3) is 4.49. The van der Waals surface area contributed by atoms with Gasteiger partial charge in [-0.3, -0.25) is 9.36 Å². The number of hydrogen-bond acceptors (Lipinski definition) is 3. The largest absolute Gasteiger partial charge is 0.389 e. The van der Waals surface area contributed by atoms with Gasteiger partial charge in [0.2, 0.25) is 0 Å². The fraction of sp³-hybridized carbons (Fsp3) is 0.353. The Morgan fingerprint density at radius 1 is 1.14 bits per heavy atom. The van der Waals surface area contributed by atoms with Gasteiger partial charge >= 0.3 is 6.18 Å². The van der Waals surface area contributed by atoms with E-state index >= 15 is 0 Å². The minimum Gasteiger partial charge on any atom is -0.309 e. The van der Waals surface area contributed by atoms with Gasteiger partial charge in [0.1, 0.15) is 5.82 Å². The van der Waals surface area contributed by atoms with Crippen LogP contribution in [0.2, 0.25) is 5.02 Å². The van der Waals surface area contributed by atoms with Crippen LogP contribution in [0.25, 0.3) is 16.9 Å². The number of imidazole rings is 1. The number of nitrogens with zero attached hydrogens (tertiary/aromatic N) is 4. The average Bonchev–Trinajstić information content (AvgIpc) is 2.98. The fourth-order valence-electron chi connectivity index (χ4n) is 2.79. The molecule has 0 atom stereocenters. The van der Waals surface area contributed by atoms with Crippen LogP contribution < -0.4 is 5.56 Å². The summed E-state index contributed by atoms with van der Waals surface area (Å²) in [5, 5.41) is 0.408. The summed E-state index contributed by atoms with van der Waals surface area (Å²) in [5.41, 5.74) is -0.538. The van der Waals surface area contributed by atoms with Crippen LogP contribution in [0.3, 0.4) is 0 Å². The first-order valence-electron chi connectivity index (χ1n) is 8.23. The Kier molecular flexibility index (Phi) is 5.69. The van der Waals surface area contributed by atoms with Crippen molar-refractivity contribution < 1.29 is 22.0 Å². The van der Waals surface area contributed by atoms with E-state index in [1.165, 1.54) is 24.3 Å². The molecule has 0 bridgehead atoms. The highest BCUT2D eigenvalue weighted by Gasteiger charge is 2.27. The molecule has 0 amide bonds. The molecule has 5 nitrogen and oxygen atoms in total. The summed E-state index contributed by atoms with van der Waals surface area (Å²) in [7, 11) is 0. The maximum Gasteiger partial charge on any atom is 0.389 e. The summed E-state index contributed by atoms with van der Waals surface area (Å²) in [6, 6.07) is 6.06. The molecule has 0 saturated carbocycles. The first-order chi connectivity index (χ1) is 13.2. The highest BCUT2D eigenvalue weighted by Crippen LogP contribution is 2.23. The second-order valence-corrected chi connectivity index (χ2v) is 6.51. The van der Waals surface area contributed by atoms with E-state index in [4.69, 9.17) is 11.6 Å². The molecule has 3 aromatic rings. The van der Waals surface area contributed by atoms with Gasteiger partial charge in [-0.25, -0.2) is 18.7 Å². The molecule has 0 radical (unpaired) electrons. The Morgan fingerprint density at radius 3 is 2.43 bits per heavy atom. The quantitative estimate of drug-likeness (QED) is 0.556. The summed E-state index contributed by atoms with van der Waals surface area (Å²) in [6.07, 6.45) is -7.53. The van der Waals surface area contributed by atoms with E-state index in [1.54, 1.807) is 0 Å². The van der Waals surface area contributed by atoms with E-state index in [0.29, 0.717) is 10.7 Å². The zero-order valence-corrected chi connectivity index (χ0v) is 15.0. The van der Waals surface area contributed by atoms with Gasteiger partial charge in [-0.15, -0.1) is 0 Å². The van der Waals surface area contributed by atoms with Crippen molar-refractivity contribution in [2.24, 2.45) is 0 Å². The van der Waals surface area contributed by atoms with Crippen LogP contribution >= 0.6 is 11.6 Å². The molecule has 0 aliphatic heterocycles. The number of halogens is 6. The summed E-state index contributed by atoms with van der Waals surface area (Å²) in [5.74, 6) is 0.0279. The highest BCUT2D eigenvalue weighted by atomic mass is 35.5. The van der Waals surface area contributed by atoms with Gasteiger partial charge in [0.25, 0.3) is 12.0 Å². The lowest BCUT2D eigenvalue weighted by Gasteiger charge is -2.14. The third-order valence-electron chi connectivity index (χ3n) is 3.99. The Labute approximate surface area is 160 Å². The van der Waals surface area contributed by atoms with Crippen LogP contribution in [0.5, 0.6) is 0 Å². The number of hydrogen-bond donors (Lipinski definition) is 0. The van der Waals surface area contributed by atoms with Crippen molar-refractivity contribution in [3.63, 3.8) is 0 Å². The van der Waals surface area contributed by atoms with Crippen LogP contribution in [-0.4, -0.2) is 31.7 Å². The van der Waals surface area contributed by atoms with Crippen molar-refractivity contribution >= 4 is 22.8 Å². The second kappa shape index (κ2) is 7.86. The van der Waals surface area contributed by atoms with Crippen LogP contribution in [0.1, 0.15) is 18.7 Å². The van der Waals surface area contributed by atoms with Gasteiger partial charge in [0.15, 0.2) is 11.2 Å². The van der Waals surface area contributed by atoms with Crippen LogP contribution in [0.4, 0.5) is 22.0 Å². The van der Waals surface area contributed by atoms with E-state index < -0.39 is 31.1 Å². The fourth-order valence-corrected chi connectivity index (χ4v) is 2.92. The third-order valence-corrected chi connectivity index (χ3v) is 4.24. The first-order valence-corrected chi connectivity index (χ1v) is 8.61. The minimum absolute atomic E-state index is 0.0279. The van der Waals surface area contributed by atoms with Gasteiger partial charge in [-0.2, -0.15) is 13.2 Å². The molecule has 1 aromatic carbocycles. The smallest absolute Gasteiger partial charge is 0.309 e. The molecular formula is C17H14ClF5N4O. The molecule has 0 spiro atoms. The molecule has 11 heteroatoms. The predicted octanol–water partition coefficient (Wildman–Crippen LogP) is 4.39. The molecular weight excluding hydrogens is 407 g/mol.